The van der Waals surface area contributed by atoms with Crippen molar-refractivity contribution in [3.8, 4) is 5.88 Å². The Morgan fingerprint density at radius 1 is 1.33 bits per heavy atom. The van der Waals surface area contributed by atoms with Gasteiger partial charge in [-0.2, -0.15) is 13.2 Å². The zero-order valence-corrected chi connectivity index (χ0v) is 11.5. The summed E-state index contributed by atoms with van der Waals surface area (Å²) in [6.45, 7) is 3.15. The molecule has 2 rings (SSSR count). The maximum Gasteiger partial charge on any atom is 0.417 e. The van der Waals surface area contributed by atoms with Crippen molar-refractivity contribution in [2.75, 3.05) is 13.1 Å². The molecule has 3 nitrogen and oxygen atoms in total. The van der Waals surface area contributed by atoms with E-state index in [1.807, 2.05) is 0 Å². The van der Waals surface area contributed by atoms with Gasteiger partial charge in [0, 0.05) is 24.8 Å². The van der Waals surface area contributed by atoms with Gasteiger partial charge in [-0.1, -0.05) is 0 Å². The van der Waals surface area contributed by atoms with Crippen LogP contribution in [0.1, 0.15) is 19.4 Å². The summed E-state index contributed by atoms with van der Waals surface area (Å²) in [6.07, 6.45) is -5.36. The Balaban J connectivity index is 2.08. The third-order valence-corrected chi connectivity index (χ3v) is 3.34. The van der Waals surface area contributed by atoms with Gasteiger partial charge in [0.1, 0.15) is 0 Å². The van der Waals surface area contributed by atoms with Crippen LogP contribution in [0.2, 0.25) is 0 Å². The normalized spacial score (nSPS) is 22.8. The first-order valence-corrected chi connectivity index (χ1v) is 6.41. The molecule has 0 bridgehead atoms. The lowest BCUT2D eigenvalue weighted by molar-refractivity contribution is -0.137. The Kier molecular flexibility index (Phi) is 4.10. The summed E-state index contributed by atoms with van der Waals surface area (Å²) in [6, 6.07) is 1.65. The van der Waals surface area contributed by atoms with E-state index in [1.54, 1.807) is 18.7 Å². The van der Waals surface area contributed by atoms with E-state index in [0.717, 1.165) is 12.1 Å². The highest BCUT2D eigenvalue weighted by atomic mass is 19.4. The standard InChI is InChI=1S/C13H15F5N2O/c1-8(2)20-6-10(12(14,15)7-20)21-11-4-3-9(5-19-11)13(16,17)18/h3-5,8,10H,6-7H2,1-2H3/t10-/m0/s1. The molecule has 0 radical (unpaired) electrons. The average molecular weight is 310 g/mol. The van der Waals surface area contributed by atoms with Crippen molar-refractivity contribution in [1.82, 2.24) is 9.88 Å². The highest BCUT2D eigenvalue weighted by molar-refractivity contribution is 5.20. The highest BCUT2D eigenvalue weighted by Gasteiger charge is 2.50. The largest absolute Gasteiger partial charge is 0.466 e. The predicted octanol–water partition coefficient (Wildman–Crippen LogP) is 3.21. The van der Waals surface area contributed by atoms with Crippen LogP contribution in [-0.2, 0) is 6.18 Å². The quantitative estimate of drug-likeness (QED) is 0.802. The third kappa shape index (κ3) is 3.61. The number of alkyl halides is 5. The summed E-state index contributed by atoms with van der Waals surface area (Å²) in [4.78, 5) is 5.00. The molecular weight excluding hydrogens is 295 g/mol. The minimum absolute atomic E-state index is 0.00731. The van der Waals surface area contributed by atoms with Crippen molar-refractivity contribution in [1.29, 1.82) is 0 Å². The van der Waals surface area contributed by atoms with Gasteiger partial charge >= 0.3 is 6.18 Å². The van der Waals surface area contributed by atoms with Crippen LogP contribution in [-0.4, -0.2) is 41.0 Å². The van der Waals surface area contributed by atoms with Crippen LogP contribution < -0.4 is 4.74 Å². The van der Waals surface area contributed by atoms with Crippen molar-refractivity contribution in [3.05, 3.63) is 23.9 Å². The summed E-state index contributed by atoms with van der Waals surface area (Å²) in [5.74, 6) is -3.30. The van der Waals surface area contributed by atoms with Crippen molar-refractivity contribution >= 4 is 0 Å². The van der Waals surface area contributed by atoms with Crippen LogP contribution >= 0.6 is 0 Å². The second-order valence-corrected chi connectivity index (χ2v) is 5.27. The number of hydrogen-bond acceptors (Lipinski definition) is 3. The van der Waals surface area contributed by atoms with Gasteiger partial charge in [-0.3, -0.25) is 4.90 Å². The highest BCUT2D eigenvalue weighted by Crippen LogP contribution is 2.33. The smallest absolute Gasteiger partial charge is 0.417 e. The molecule has 0 spiro atoms. The minimum atomic E-state index is -4.52. The first-order chi connectivity index (χ1) is 9.59. The fraction of sp³-hybridized carbons (Fsp3) is 0.615. The number of aromatic nitrogens is 1. The van der Waals surface area contributed by atoms with Crippen LogP contribution in [0.3, 0.4) is 0 Å². The molecule has 1 aliphatic rings. The Hall–Kier alpha value is -1.44. The van der Waals surface area contributed by atoms with Gasteiger partial charge in [0.15, 0.2) is 6.10 Å². The molecule has 1 aromatic rings. The van der Waals surface area contributed by atoms with Crippen LogP contribution in [0.4, 0.5) is 22.0 Å². The van der Waals surface area contributed by atoms with Gasteiger partial charge < -0.3 is 4.74 Å². The second-order valence-electron chi connectivity index (χ2n) is 5.27. The molecule has 0 N–H and O–H groups in total. The Bertz CT molecular complexity index is 486. The summed E-state index contributed by atoms with van der Waals surface area (Å²) < 4.78 is 69.8. The SMILES string of the molecule is CC(C)N1C[C@H](Oc2ccc(C(F)(F)F)cn2)C(F)(F)C1. The number of rotatable bonds is 3. The van der Waals surface area contributed by atoms with Crippen LogP contribution in [0, 0.1) is 0 Å². The van der Waals surface area contributed by atoms with Gasteiger partial charge in [-0.15, -0.1) is 0 Å². The molecule has 1 atom stereocenters. The molecule has 8 heteroatoms. The van der Waals surface area contributed by atoms with E-state index in [-0.39, 0.29) is 18.5 Å². The molecule has 0 unspecified atom stereocenters. The van der Waals surface area contributed by atoms with Gasteiger partial charge in [0.2, 0.25) is 5.88 Å². The number of pyridine rings is 1. The maximum absolute atomic E-state index is 13.8. The molecular formula is C13H15F5N2O. The van der Waals surface area contributed by atoms with Crippen molar-refractivity contribution in [3.63, 3.8) is 0 Å². The summed E-state index contributed by atoms with van der Waals surface area (Å²) >= 11 is 0. The lowest BCUT2D eigenvalue weighted by Crippen LogP contribution is -2.36. The molecule has 0 amide bonds. The molecule has 1 aliphatic heterocycles. The van der Waals surface area contributed by atoms with E-state index in [1.165, 1.54) is 0 Å². The zero-order chi connectivity index (χ0) is 15.8. The monoisotopic (exact) mass is 310 g/mol. The molecule has 0 saturated carbocycles. The molecule has 1 saturated heterocycles. The van der Waals surface area contributed by atoms with E-state index in [0.29, 0.717) is 6.20 Å². The van der Waals surface area contributed by atoms with E-state index in [2.05, 4.69) is 4.98 Å². The predicted molar refractivity (Wildman–Crippen MR) is 65.3 cm³/mol. The average Bonchev–Trinajstić information content (AvgIpc) is 2.65. The molecule has 1 aromatic heterocycles. The number of ether oxygens (including phenoxy) is 1. The Labute approximate surface area is 118 Å². The van der Waals surface area contributed by atoms with Crippen molar-refractivity contribution in [2.45, 2.75) is 38.1 Å². The summed E-state index contributed by atoms with van der Waals surface area (Å²) in [7, 11) is 0. The molecule has 21 heavy (non-hydrogen) atoms. The van der Waals surface area contributed by atoms with Crippen LogP contribution in [0.15, 0.2) is 18.3 Å². The van der Waals surface area contributed by atoms with E-state index in [4.69, 9.17) is 4.74 Å². The number of hydrogen-bond donors (Lipinski definition) is 0. The van der Waals surface area contributed by atoms with Gasteiger partial charge in [-0.25, -0.2) is 13.8 Å². The second kappa shape index (κ2) is 5.40. The third-order valence-electron chi connectivity index (χ3n) is 3.34. The van der Waals surface area contributed by atoms with Gasteiger partial charge in [0.05, 0.1) is 12.1 Å². The van der Waals surface area contributed by atoms with Crippen molar-refractivity contribution < 1.29 is 26.7 Å². The van der Waals surface area contributed by atoms with Gasteiger partial charge in [0.25, 0.3) is 5.92 Å². The fourth-order valence-corrected chi connectivity index (χ4v) is 2.06. The number of nitrogens with zero attached hydrogens (tertiary/aromatic N) is 2. The van der Waals surface area contributed by atoms with E-state index < -0.39 is 30.3 Å². The molecule has 118 valence electrons. The summed E-state index contributed by atoms with van der Waals surface area (Å²) in [5.41, 5.74) is -0.947. The molecule has 0 aliphatic carbocycles. The first-order valence-electron chi connectivity index (χ1n) is 6.41. The fourth-order valence-electron chi connectivity index (χ4n) is 2.06. The van der Waals surface area contributed by atoms with Gasteiger partial charge in [-0.05, 0) is 19.9 Å². The Morgan fingerprint density at radius 2 is 2.00 bits per heavy atom. The zero-order valence-electron chi connectivity index (χ0n) is 11.5. The molecule has 0 aromatic carbocycles. The Morgan fingerprint density at radius 3 is 2.43 bits per heavy atom. The molecule has 2 heterocycles. The maximum atomic E-state index is 13.8. The first kappa shape index (κ1) is 15.9. The minimum Gasteiger partial charge on any atom is -0.466 e. The van der Waals surface area contributed by atoms with E-state index >= 15 is 0 Å². The molecule has 1 fully saturated rings. The van der Waals surface area contributed by atoms with Crippen LogP contribution in [0.5, 0.6) is 5.88 Å². The number of likely N-dealkylation sites (tertiary alicyclic amines) is 1. The van der Waals surface area contributed by atoms with Crippen LogP contribution in [0.25, 0.3) is 0 Å². The lowest BCUT2D eigenvalue weighted by atomic mass is 10.2. The van der Waals surface area contributed by atoms with E-state index in [9.17, 15) is 22.0 Å². The number of halogens is 5. The lowest BCUT2D eigenvalue weighted by Gasteiger charge is -2.19. The topological polar surface area (TPSA) is 25.4 Å². The van der Waals surface area contributed by atoms with Crippen molar-refractivity contribution in [2.24, 2.45) is 0 Å². The summed E-state index contributed by atoms with van der Waals surface area (Å²) in [5, 5.41) is 0.